The Hall–Kier alpha value is -6.95. The Balaban J connectivity index is 1.29. The van der Waals surface area contributed by atoms with E-state index in [4.69, 9.17) is 29.5 Å². The molecule has 53 heavy (non-hydrogen) atoms. The van der Waals surface area contributed by atoms with Crippen LogP contribution in [0.5, 0.6) is 11.5 Å². The molecule has 0 amide bonds. The standard InChI is InChI=1S/C41H34FN9O2/c1-49-25-28(23-45-49)34-24-43-33-19-20-38(47-40(33)46-34)50(35-21-32(52-2)22-36(53-3)39(35)42)26-37-44-27-51(48-37)41(29-13-7-4-8-14-29,30-15-9-5-10-16-30)31-17-11-6-12-18-31/h4-25,27H,26H2,1-3H3. The van der Waals surface area contributed by atoms with E-state index in [0.29, 0.717) is 34.2 Å². The molecule has 0 atom stereocenters. The van der Waals surface area contributed by atoms with Gasteiger partial charge in [-0.05, 0) is 28.8 Å². The number of hydrogen-bond donors (Lipinski definition) is 0. The first-order valence-corrected chi connectivity index (χ1v) is 16.9. The fourth-order valence-corrected chi connectivity index (χ4v) is 6.65. The van der Waals surface area contributed by atoms with Crippen LogP contribution in [0.3, 0.4) is 0 Å². The van der Waals surface area contributed by atoms with Gasteiger partial charge in [0.1, 0.15) is 29.0 Å². The first kappa shape index (κ1) is 33.2. The predicted octanol–water partition coefficient (Wildman–Crippen LogP) is 7.35. The number of aryl methyl sites for hydroxylation is 1. The Morgan fingerprint density at radius 1 is 0.755 bits per heavy atom. The smallest absolute Gasteiger partial charge is 0.188 e. The van der Waals surface area contributed by atoms with Gasteiger partial charge in [-0.15, -0.1) is 0 Å². The molecule has 0 fully saturated rings. The third kappa shape index (κ3) is 6.09. The number of methoxy groups -OCH3 is 2. The summed E-state index contributed by atoms with van der Waals surface area (Å²) in [4.78, 5) is 20.8. The summed E-state index contributed by atoms with van der Waals surface area (Å²) in [5.41, 5.74) is 4.60. The Morgan fingerprint density at radius 2 is 1.42 bits per heavy atom. The average molecular weight is 704 g/mol. The zero-order chi connectivity index (χ0) is 36.4. The van der Waals surface area contributed by atoms with Crippen LogP contribution in [0.4, 0.5) is 15.9 Å². The third-order valence-electron chi connectivity index (χ3n) is 9.17. The van der Waals surface area contributed by atoms with E-state index in [2.05, 4.69) is 46.5 Å². The van der Waals surface area contributed by atoms with Gasteiger partial charge in [-0.2, -0.15) is 10.2 Å². The normalized spacial score (nSPS) is 11.5. The van der Waals surface area contributed by atoms with E-state index in [-0.39, 0.29) is 18.0 Å². The molecule has 8 aromatic rings. The van der Waals surface area contributed by atoms with Crippen molar-refractivity contribution in [2.45, 2.75) is 12.1 Å². The molecule has 0 aliphatic heterocycles. The first-order chi connectivity index (χ1) is 26.0. The van der Waals surface area contributed by atoms with Gasteiger partial charge in [0.15, 0.2) is 23.0 Å². The predicted molar refractivity (Wildman–Crippen MR) is 200 cm³/mol. The van der Waals surface area contributed by atoms with Crippen molar-refractivity contribution in [3.05, 3.63) is 169 Å². The summed E-state index contributed by atoms with van der Waals surface area (Å²) >= 11 is 0. The summed E-state index contributed by atoms with van der Waals surface area (Å²) in [6.45, 7) is 0.0307. The summed E-state index contributed by atoms with van der Waals surface area (Å²) in [6.07, 6.45) is 6.97. The Bertz CT molecular complexity index is 2410. The zero-order valence-corrected chi connectivity index (χ0v) is 29.2. The Kier molecular flexibility index (Phi) is 8.77. The minimum absolute atomic E-state index is 0.0125. The van der Waals surface area contributed by atoms with Crippen LogP contribution in [-0.2, 0) is 19.1 Å². The summed E-state index contributed by atoms with van der Waals surface area (Å²) in [7, 11) is 4.77. The van der Waals surface area contributed by atoms with Crippen LogP contribution in [0.1, 0.15) is 22.5 Å². The summed E-state index contributed by atoms with van der Waals surface area (Å²) in [6, 6.07) is 37.3. The number of ether oxygens (including phenoxy) is 2. The Labute approximate surface area is 305 Å². The molecule has 11 nitrogen and oxygen atoms in total. The number of pyridine rings is 1. The van der Waals surface area contributed by atoms with E-state index in [1.807, 2.05) is 72.5 Å². The maximum atomic E-state index is 16.4. The molecule has 262 valence electrons. The maximum absolute atomic E-state index is 16.4. The van der Waals surface area contributed by atoms with Gasteiger partial charge in [0.2, 0.25) is 0 Å². The van der Waals surface area contributed by atoms with Crippen LogP contribution in [0, 0.1) is 5.82 Å². The lowest BCUT2D eigenvalue weighted by Crippen LogP contribution is -2.38. The van der Waals surface area contributed by atoms with Gasteiger partial charge in [0.05, 0.1) is 44.5 Å². The molecule has 4 heterocycles. The zero-order valence-electron chi connectivity index (χ0n) is 29.2. The maximum Gasteiger partial charge on any atom is 0.188 e. The van der Waals surface area contributed by atoms with Gasteiger partial charge in [-0.25, -0.2) is 24.0 Å². The van der Waals surface area contributed by atoms with Crippen LogP contribution in [0.25, 0.3) is 22.4 Å². The third-order valence-corrected chi connectivity index (χ3v) is 9.17. The monoisotopic (exact) mass is 703 g/mol. The fourth-order valence-electron chi connectivity index (χ4n) is 6.65. The highest BCUT2D eigenvalue weighted by atomic mass is 19.1. The van der Waals surface area contributed by atoms with Gasteiger partial charge in [0, 0.05) is 30.9 Å². The summed E-state index contributed by atoms with van der Waals surface area (Å²) in [5.74, 6) is 0.615. The lowest BCUT2D eigenvalue weighted by Gasteiger charge is -2.36. The van der Waals surface area contributed by atoms with E-state index < -0.39 is 11.4 Å². The van der Waals surface area contributed by atoms with Crippen molar-refractivity contribution in [3.8, 4) is 22.8 Å². The van der Waals surface area contributed by atoms with E-state index in [0.717, 1.165) is 22.3 Å². The fraction of sp³-hybridized carbons (Fsp3) is 0.122. The second-order valence-electron chi connectivity index (χ2n) is 12.3. The van der Waals surface area contributed by atoms with E-state index >= 15 is 4.39 Å². The van der Waals surface area contributed by atoms with Gasteiger partial charge in [-0.1, -0.05) is 91.0 Å². The van der Waals surface area contributed by atoms with Crippen molar-refractivity contribution >= 4 is 22.7 Å². The molecule has 0 bridgehead atoms. The largest absolute Gasteiger partial charge is 0.497 e. The molecule has 12 heteroatoms. The van der Waals surface area contributed by atoms with Gasteiger partial charge >= 0.3 is 0 Å². The van der Waals surface area contributed by atoms with Crippen LogP contribution >= 0.6 is 0 Å². The SMILES string of the molecule is COc1cc(OC)c(F)c(N(Cc2ncn(C(c3ccccc3)(c3ccccc3)c3ccccc3)n2)c2ccc3ncc(-c4cnn(C)c4)nc3n2)c1. The molecule has 4 aromatic heterocycles. The second kappa shape index (κ2) is 14.0. The lowest BCUT2D eigenvalue weighted by atomic mass is 9.77. The molecule has 0 spiro atoms. The Morgan fingerprint density at radius 3 is 2.00 bits per heavy atom. The topological polar surface area (TPSA) is 109 Å². The minimum Gasteiger partial charge on any atom is -0.497 e. The molecule has 4 aromatic carbocycles. The van der Waals surface area contributed by atoms with Gasteiger partial charge in [-0.3, -0.25) is 9.67 Å². The van der Waals surface area contributed by atoms with Crippen LogP contribution in [-0.4, -0.2) is 53.7 Å². The number of fused-ring (bicyclic) bond motifs is 1. The molecule has 0 saturated carbocycles. The number of anilines is 2. The van der Waals surface area contributed by atoms with Crippen LogP contribution < -0.4 is 14.4 Å². The molecule has 0 saturated heterocycles. The van der Waals surface area contributed by atoms with Crippen LogP contribution in [0.2, 0.25) is 0 Å². The number of nitrogens with zero attached hydrogens (tertiary/aromatic N) is 9. The lowest BCUT2D eigenvalue weighted by molar-refractivity contribution is 0.374. The number of hydrogen-bond acceptors (Lipinski definition) is 9. The second-order valence-corrected chi connectivity index (χ2v) is 12.3. The summed E-state index contributed by atoms with van der Waals surface area (Å²) < 4.78 is 30.9. The van der Waals surface area contributed by atoms with Gasteiger partial charge in [0.25, 0.3) is 0 Å². The molecular weight excluding hydrogens is 670 g/mol. The highest BCUT2D eigenvalue weighted by Crippen LogP contribution is 2.41. The highest BCUT2D eigenvalue weighted by Gasteiger charge is 2.40. The van der Waals surface area contributed by atoms with E-state index in [1.54, 1.807) is 46.5 Å². The van der Waals surface area contributed by atoms with Crippen molar-refractivity contribution in [1.82, 2.24) is 39.5 Å². The van der Waals surface area contributed by atoms with Crippen LogP contribution in [0.15, 0.2) is 140 Å². The molecule has 0 radical (unpaired) electrons. The highest BCUT2D eigenvalue weighted by molar-refractivity contribution is 5.77. The molecular formula is C41H34FN9O2. The molecule has 0 N–H and O–H groups in total. The number of aromatic nitrogens is 8. The van der Waals surface area contributed by atoms with E-state index in [1.165, 1.54) is 20.3 Å². The first-order valence-electron chi connectivity index (χ1n) is 16.9. The molecule has 0 unspecified atom stereocenters. The van der Waals surface area contributed by atoms with E-state index in [9.17, 15) is 0 Å². The summed E-state index contributed by atoms with van der Waals surface area (Å²) in [5, 5.41) is 9.41. The molecule has 0 aliphatic carbocycles. The molecule has 8 rings (SSSR count). The van der Waals surface area contributed by atoms with Crippen molar-refractivity contribution in [2.75, 3.05) is 19.1 Å². The number of benzene rings is 4. The average Bonchev–Trinajstić information content (AvgIpc) is 3.87. The van der Waals surface area contributed by atoms with Crippen molar-refractivity contribution in [1.29, 1.82) is 0 Å². The van der Waals surface area contributed by atoms with Crippen molar-refractivity contribution < 1.29 is 13.9 Å². The number of halogens is 1. The van der Waals surface area contributed by atoms with Crippen molar-refractivity contribution in [3.63, 3.8) is 0 Å². The van der Waals surface area contributed by atoms with Gasteiger partial charge < -0.3 is 14.4 Å². The molecule has 0 aliphatic rings. The quantitative estimate of drug-likeness (QED) is 0.128. The number of rotatable bonds is 11. The van der Waals surface area contributed by atoms with Crippen molar-refractivity contribution in [2.24, 2.45) is 7.05 Å². The minimum atomic E-state index is -0.885.